The van der Waals surface area contributed by atoms with E-state index in [0.717, 1.165) is 11.1 Å². The first-order chi connectivity index (χ1) is 11.9. The Balaban J connectivity index is 1.70. The molecular weight excluding hydrogens is 340 g/mol. The van der Waals surface area contributed by atoms with Crippen LogP contribution >= 0.6 is 0 Å². The Bertz CT molecular complexity index is 822. The molecule has 0 spiro atoms. The molecule has 0 saturated heterocycles. The molecule has 6 nitrogen and oxygen atoms in total. The van der Waals surface area contributed by atoms with E-state index in [2.05, 4.69) is 4.72 Å². The predicted molar refractivity (Wildman–Crippen MR) is 96.1 cm³/mol. The van der Waals surface area contributed by atoms with Gasteiger partial charge in [-0.1, -0.05) is 36.4 Å². The summed E-state index contributed by atoms with van der Waals surface area (Å²) in [6.07, 6.45) is 0. The zero-order chi connectivity index (χ0) is 17.9. The second-order valence-electron chi connectivity index (χ2n) is 6.19. The van der Waals surface area contributed by atoms with Crippen LogP contribution in [0.2, 0.25) is 0 Å². The molecule has 1 aliphatic rings. The Kier molecular flexibility index (Phi) is 5.27. The number of rotatable bonds is 7. The lowest BCUT2D eigenvalue weighted by atomic mass is 10.1. The quantitative estimate of drug-likeness (QED) is 0.817. The molecule has 0 aliphatic carbocycles. The molecule has 0 fully saturated rings. The molecule has 0 bridgehead atoms. The molecule has 1 heterocycles. The molecule has 0 aromatic heterocycles. The molecule has 0 amide bonds. The van der Waals surface area contributed by atoms with E-state index in [1.807, 2.05) is 55.4 Å². The number of fused-ring (bicyclic) bond motifs is 1. The molecule has 7 heteroatoms. The third-order valence-corrected chi connectivity index (χ3v) is 5.42. The molecule has 3 rings (SSSR count). The summed E-state index contributed by atoms with van der Waals surface area (Å²) in [5.74, 6) is 1.37. The Hall–Kier alpha value is -2.09. The molecule has 134 valence electrons. The van der Waals surface area contributed by atoms with Gasteiger partial charge in [-0.3, -0.25) is 0 Å². The summed E-state index contributed by atoms with van der Waals surface area (Å²) < 4.78 is 38.2. The van der Waals surface area contributed by atoms with Crippen LogP contribution in [-0.2, 0) is 15.8 Å². The van der Waals surface area contributed by atoms with Gasteiger partial charge < -0.3 is 14.4 Å². The third kappa shape index (κ3) is 4.50. The van der Waals surface area contributed by atoms with Crippen molar-refractivity contribution in [2.75, 3.05) is 27.4 Å². The summed E-state index contributed by atoms with van der Waals surface area (Å²) in [4.78, 5) is 1.97. The maximum atomic E-state index is 12.4. The number of likely N-dealkylation sites (N-methyl/N-ethyl adjacent to an activating group) is 1. The standard InChI is InChI=1S/C18H22N2O4S/c1-20(2)16(15-8-9-17-18(10-15)24-13-23-17)11-19-25(21,22)12-14-6-4-3-5-7-14/h3-10,16,19H,11-13H2,1-2H3. The average Bonchev–Trinajstić information content (AvgIpc) is 3.03. The van der Waals surface area contributed by atoms with Crippen LogP contribution in [0.4, 0.5) is 0 Å². The highest BCUT2D eigenvalue weighted by Gasteiger charge is 2.21. The molecule has 1 N–H and O–H groups in total. The lowest BCUT2D eigenvalue weighted by Crippen LogP contribution is -2.35. The first-order valence-corrected chi connectivity index (χ1v) is 9.67. The number of nitrogens with zero attached hydrogens (tertiary/aromatic N) is 1. The maximum absolute atomic E-state index is 12.4. The van der Waals surface area contributed by atoms with E-state index in [1.54, 1.807) is 12.1 Å². The summed E-state index contributed by atoms with van der Waals surface area (Å²) in [5, 5.41) is 0. The van der Waals surface area contributed by atoms with E-state index in [1.165, 1.54) is 0 Å². The summed E-state index contributed by atoms with van der Waals surface area (Å²) in [5.41, 5.74) is 1.73. The number of sulfonamides is 1. The van der Waals surface area contributed by atoms with Gasteiger partial charge >= 0.3 is 0 Å². The fraction of sp³-hybridized carbons (Fsp3) is 0.333. The molecular formula is C18H22N2O4S. The van der Waals surface area contributed by atoms with Crippen molar-refractivity contribution in [3.05, 3.63) is 59.7 Å². The Labute approximate surface area is 148 Å². The SMILES string of the molecule is CN(C)C(CNS(=O)(=O)Cc1ccccc1)c1ccc2c(c1)OCO2. The summed E-state index contributed by atoms with van der Waals surface area (Å²) in [6.45, 7) is 0.497. The number of nitrogens with one attached hydrogen (secondary N) is 1. The van der Waals surface area contributed by atoms with Crippen molar-refractivity contribution >= 4 is 10.0 Å². The van der Waals surface area contributed by atoms with Crippen LogP contribution in [0.25, 0.3) is 0 Å². The first-order valence-electron chi connectivity index (χ1n) is 8.02. The lowest BCUT2D eigenvalue weighted by Gasteiger charge is -2.25. The van der Waals surface area contributed by atoms with Crippen LogP contribution < -0.4 is 14.2 Å². The van der Waals surface area contributed by atoms with Crippen LogP contribution in [0, 0.1) is 0 Å². The van der Waals surface area contributed by atoms with E-state index in [0.29, 0.717) is 11.5 Å². The van der Waals surface area contributed by atoms with Gasteiger partial charge in [-0.2, -0.15) is 0 Å². The minimum atomic E-state index is -3.42. The van der Waals surface area contributed by atoms with E-state index in [4.69, 9.17) is 9.47 Å². The first kappa shape index (κ1) is 17.7. The number of ether oxygens (including phenoxy) is 2. The second-order valence-corrected chi connectivity index (χ2v) is 7.99. The van der Waals surface area contributed by atoms with E-state index >= 15 is 0 Å². The highest BCUT2D eigenvalue weighted by molar-refractivity contribution is 7.88. The fourth-order valence-corrected chi connectivity index (χ4v) is 3.91. The topological polar surface area (TPSA) is 67.9 Å². The zero-order valence-electron chi connectivity index (χ0n) is 14.3. The summed E-state index contributed by atoms with van der Waals surface area (Å²) >= 11 is 0. The van der Waals surface area contributed by atoms with E-state index in [-0.39, 0.29) is 25.1 Å². The van der Waals surface area contributed by atoms with E-state index in [9.17, 15) is 8.42 Å². The van der Waals surface area contributed by atoms with Crippen molar-refractivity contribution in [1.29, 1.82) is 0 Å². The third-order valence-electron chi connectivity index (χ3n) is 4.10. The average molecular weight is 362 g/mol. The normalized spacial score (nSPS) is 14.7. The van der Waals surface area contributed by atoms with Gasteiger partial charge in [0.25, 0.3) is 0 Å². The summed E-state index contributed by atoms with van der Waals surface area (Å²) in [7, 11) is 0.419. The van der Waals surface area contributed by atoms with Crippen LogP contribution in [-0.4, -0.2) is 40.8 Å². The van der Waals surface area contributed by atoms with Crippen LogP contribution in [0.5, 0.6) is 11.5 Å². The fourth-order valence-electron chi connectivity index (χ4n) is 2.77. The molecule has 1 unspecified atom stereocenters. The zero-order valence-corrected chi connectivity index (χ0v) is 15.1. The molecule has 0 saturated carbocycles. The van der Waals surface area contributed by atoms with Crippen molar-refractivity contribution in [3.63, 3.8) is 0 Å². The van der Waals surface area contributed by atoms with Gasteiger partial charge in [0, 0.05) is 12.6 Å². The molecule has 0 radical (unpaired) electrons. The highest BCUT2D eigenvalue weighted by Crippen LogP contribution is 2.35. The van der Waals surface area contributed by atoms with Gasteiger partial charge in [0.1, 0.15) is 0 Å². The van der Waals surface area contributed by atoms with Crippen LogP contribution in [0.3, 0.4) is 0 Å². The number of benzene rings is 2. The van der Waals surface area contributed by atoms with Crippen molar-refractivity contribution in [3.8, 4) is 11.5 Å². The Morgan fingerprint density at radius 3 is 2.52 bits per heavy atom. The van der Waals surface area contributed by atoms with Crippen molar-refractivity contribution in [2.24, 2.45) is 0 Å². The number of hydrogen-bond donors (Lipinski definition) is 1. The minimum absolute atomic E-state index is 0.0326. The summed E-state index contributed by atoms with van der Waals surface area (Å²) in [6, 6.07) is 14.7. The van der Waals surface area contributed by atoms with Gasteiger partial charge in [0.05, 0.1) is 5.75 Å². The van der Waals surface area contributed by atoms with Crippen molar-refractivity contribution in [2.45, 2.75) is 11.8 Å². The van der Waals surface area contributed by atoms with Gasteiger partial charge in [-0.05, 0) is 37.4 Å². The monoisotopic (exact) mass is 362 g/mol. The lowest BCUT2D eigenvalue weighted by molar-refractivity contribution is 0.174. The molecule has 25 heavy (non-hydrogen) atoms. The minimum Gasteiger partial charge on any atom is -0.454 e. The van der Waals surface area contributed by atoms with Gasteiger partial charge in [-0.15, -0.1) is 0 Å². The largest absolute Gasteiger partial charge is 0.454 e. The van der Waals surface area contributed by atoms with E-state index < -0.39 is 10.0 Å². The molecule has 1 aliphatic heterocycles. The molecule has 2 aromatic carbocycles. The van der Waals surface area contributed by atoms with Crippen molar-refractivity contribution in [1.82, 2.24) is 9.62 Å². The predicted octanol–water partition coefficient (Wildman–Crippen LogP) is 2.14. The smallest absolute Gasteiger partial charge is 0.231 e. The van der Waals surface area contributed by atoms with Crippen LogP contribution in [0.1, 0.15) is 17.2 Å². The molecule has 2 aromatic rings. The van der Waals surface area contributed by atoms with Crippen LogP contribution in [0.15, 0.2) is 48.5 Å². The van der Waals surface area contributed by atoms with Gasteiger partial charge in [0.15, 0.2) is 11.5 Å². The molecule has 1 atom stereocenters. The number of hydrogen-bond acceptors (Lipinski definition) is 5. The Morgan fingerprint density at radius 1 is 1.08 bits per heavy atom. The second kappa shape index (κ2) is 7.43. The Morgan fingerprint density at radius 2 is 1.80 bits per heavy atom. The van der Waals surface area contributed by atoms with Crippen molar-refractivity contribution < 1.29 is 17.9 Å². The highest BCUT2D eigenvalue weighted by atomic mass is 32.2. The maximum Gasteiger partial charge on any atom is 0.231 e. The van der Waals surface area contributed by atoms with Gasteiger partial charge in [-0.25, -0.2) is 13.1 Å². The van der Waals surface area contributed by atoms with Gasteiger partial charge in [0.2, 0.25) is 16.8 Å².